The summed E-state index contributed by atoms with van der Waals surface area (Å²) in [6.07, 6.45) is 35.8. The second-order valence-corrected chi connectivity index (χ2v) is 15.7. The van der Waals surface area contributed by atoms with Gasteiger partial charge in [0.25, 0.3) is 5.91 Å². The maximum absolute atomic E-state index is 13.3. The van der Waals surface area contributed by atoms with Crippen molar-refractivity contribution in [3.05, 3.63) is 16.7 Å². The Hall–Kier alpha value is -2.57. The third-order valence-corrected chi connectivity index (χ3v) is 10.5. The molecule has 0 spiro atoms. The number of hydrogen-bond acceptors (Lipinski definition) is 6. The summed E-state index contributed by atoms with van der Waals surface area (Å²) in [6.45, 7) is 10.6. The molecule has 7 heteroatoms. The van der Waals surface area contributed by atoms with Gasteiger partial charge in [0.1, 0.15) is 0 Å². The quantitative estimate of drug-likeness (QED) is 0.0529. The fourth-order valence-corrected chi connectivity index (χ4v) is 7.30. The maximum Gasteiger partial charge on any atom is 0.253 e. The van der Waals surface area contributed by atoms with E-state index in [-0.39, 0.29) is 39.7 Å². The van der Waals surface area contributed by atoms with Gasteiger partial charge in [-0.25, -0.2) is 0 Å². The minimum Gasteiger partial charge on any atom is -0.489 e. The topological polar surface area (TPSA) is 105 Å². The molecule has 1 amide bonds. The van der Waals surface area contributed by atoms with Crippen molar-refractivity contribution in [1.29, 1.82) is 0 Å². The van der Waals surface area contributed by atoms with Crippen LogP contribution in [-0.2, 0) is 0 Å². The zero-order valence-corrected chi connectivity index (χ0v) is 35.9. The minimum atomic E-state index is -0.814. The Morgan fingerprint density at radius 2 is 0.593 bits per heavy atom. The zero-order chi connectivity index (χ0) is 39.7. The van der Waals surface area contributed by atoms with Gasteiger partial charge in [0.05, 0.1) is 30.9 Å². The van der Waals surface area contributed by atoms with Crippen molar-refractivity contribution in [3.63, 3.8) is 0 Å². The normalized spacial score (nSPS) is 11.2. The molecule has 312 valence electrons. The van der Waals surface area contributed by atoms with E-state index < -0.39 is 11.7 Å². The maximum atomic E-state index is 13.3. The Kier molecular flexibility index (Phi) is 30.9. The van der Waals surface area contributed by atoms with Crippen LogP contribution in [0.1, 0.15) is 258 Å². The van der Waals surface area contributed by atoms with Crippen LogP contribution in [0, 0.1) is 0 Å². The second-order valence-electron chi connectivity index (χ2n) is 15.7. The Morgan fingerprint density at radius 1 is 0.352 bits per heavy atom. The van der Waals surface area contributed by atoms with Crippen molar-refractivity contribution in [1.82, 2.24) is 0 Å². The summed E-state index contributed by atoms with van der Waals surface area (Å²) in [7, 11) is 0. The van der Waals surface area contributed by atoms with Crippen molar-refractivity contribution in [2.45, 2.75) is 227 Å². The molecule has 0 aliphatic rings. The molecule has 0 heterocycles. The van der Waals surface area contributed by atoms with Crippen LogP contribution in [0.4, 0.5) is 0 Å². The molecule has 0 saturated heterocycles. The van der Waals surface area contributed by atoms with Crippen LogP contribution >= 0.6 is 0 Å². The molecule has 7 nitrogen and oxygen atoms in total. The van der Waals surface area contributed by atoms with Gasteiger partial charge in [-0.3, -0.25) is 14.4 Å². The van der Waals surface area contributed by atoms with Crippen LogP contribution in [-0.4, -0.2) is 37.3 Å². The van der Waals surface area contributed by atoms with Crippen LogP contribution in [0.3, 0.4) is 0 Å². The van der Waals surface area contributed by atoms with Crippen molar-refractivity contribution in [3.8, 4) is 17.2 Å². The lowest BCUT2D eigenvalue weighted by atomic mass is 9.92. The summed E-state index contributed by atoms with van der Waals surface area (Å²) in [5.74, 6) is -1.04. The first-order valence-electron chi connectivity index (χ1n) is 22.8. The Labute approximate surface area is 332 Å². The third kappa shape index (κ3) is 22.1. The van der Waals surface area contributed by atoms with Gasteiger partial charge < -0.3 is 19.9 Å². The van der Waals surface area contributed by atoms with Crippen molar-refractivity contribution < 1.29 is 28.6 Å². The first-order chi connectivity index (χ1) is 26.3. The summed E-state index contributed by atoms with van der Waals surface area (Å²) in [5.41, 5.74) is 5.92. The number of amides is 1. The lowest BCUT2D eigenvalue weighted by Crippen LogP contribution is -2.22. The van der Waals surface area contributed by atoms with Gasteiger partial charge in [0, 0.05) is 5.56 Å². The summed E-state index contributed by atoms with van der Waals surface area (Å²) < 4.78 is 19.2. The predicted molar refractivity (Wildman–Crippen MR) is 227 cm³/mol. The molecule has 1 rings (SSSR count). The van der Waals surface area contributed by atoms with E-state index in [0.29, 0.717) is 19.8 Å². The van der Waals surface area contributed by atoms with Gasteiger partial charge >= 0.3 is 0 Å². The van der Waals surface area contributed by atoms with Gasteiger partial charge in [-0.05, 0) is 33.1 Å². The molecule has 0 bridgehead atoms. The van der Waals surface area contributed by atoms with E-state index in [9.17, 15) is 14.4 Å². The Bertz CT molecular complexity index is 1070. The Balaban J connectivity index is 3.10. The minimum absolute atomic E-state index is 0.0302. The SMILES string of the molecule is CCCCCCCCCCCCOc1c(OCCCCCCCCCCCC)c(C(C)=O)c(C(C)=O)c(C(N)=O)c1OCCCCCCCCCCCC. The molecule has 0 unspecified atom stereocenters. The molecule has 0 atom stereocenters. The van der Waals surface area contributed by atoms with E-state index in [4.69, 9.17) is 19.9 Å². The summed E-state index contributed by atoms with van der Waals surface area (Å²) in [6, 6.07) is 0. The zero-order valence-electron chi connectivity index (χ0n) is 35.9. The lowest BCUT2D eigenvalue weighted by Gasteiger charge is -2.24. The highest BCUT2D eigenvalue weighted by Gasteiger charge is 2.34. The largest absolute Gasteiger partial charge is 0.489 e. The monoisotopic (exact) mass is 758 g/mol. The number of unbranched alkanes of at least 4 members (excludes halogenated alkanes) is 27. The van der Waals surface area contributed by atoms with Gasteiger partial charge in [0.15, 0.2) is 23.1 Å². The first kappa shape index (κ1) is 49.4. The molecule has 1 aromatic carbocycles. The van der Waals surface area contributed by atoms with Crippen LogP contribution in [0.2, 0.25) is 0 Å². The number of rotatable bonds is 39. The number of ether oxygens (including phenoxy) is 3. The molecule has 54 heavy (non-hydrogen) atoms. The van der Waals surface area contributed by atoms with Gasteiger partial charge in [-0.2, -0.15) is 0 Å². The number of primary amides is 1. The molecule has 0 fully saturated rings. The number of nitrogens with two attached hydrogens (primary N) is 1. The van der Waals surface area contributed by atoms with Crippen molar-refractivity contribution >= 4 is 17.5 Å². The lowest BCUT2D eigenvalue weighted by molar-refractivity contribution is 0.0956. The molecular formula is C47H83NO6. The van der Waals surface area contributed by atoms with E-state index in [0.717, 1.165) is 57.8 Å². The average molecular weight is 758 g/mol. The van der Waals surface area contributed by atoms with Crippen LogP contribution in [0.5, 0.6) is 17.2 Å². The van der Waals surface area contributed by atoms with E-state index in [1.54, 1.807) is 0 Å². The van der Waals surface area contributed by atoms with Crippen LogP contribution in [0.15, 0.2) is 0 Å². The van der Waals surface area contributed by atoms with E-state index in [1.165, 1.54) is 149 Å². The fourth-order valence-electron chi connectivity index (χ4n) is 7.30. The number of ketones is 2. The molecule has 0 aliphatic heterocycles. The predicted octanol–water partition coefficient (Wildman–Crippen LogP) is 14.1. The number of hydrogen-bond donors (Lipinski definition) is 1. The van der Waals surface area contributed by atoms with Crippen LogP contribution < -0.4 is 19.9 Å². The summed E-state index contributed by atoms with van der Waals surface area (Å²) in [5, 5.41) is 0. The van der Waals surface area contributed by atoms with E-state index in [2.05, 4.69) is 20.8 Å². The van der Waals surface area contributed by atoms with Gasteiger partial charge in [-0.1, -0.05) is 194 Å². The molecule has 1 aromatic rings. The molecule has 2 N–H and O–H groups in total. The number of Topliss-reactive ketones (excluding diaryl/α,β-unsaturated/α-hetero) is 2. The number of benzene rings is 1. The van der Waals surface area contributed by atoms with Crippen molar-refractivity contribution in [2.75, 3.05) is 19.8 Å². The number of carbonyl (C=O) groups excluding carboxylic acids is 3. The van der Waals surface area contributed by atoms with Crippen molar-refractivity contribution in [2.24, 2.45) is 5.73 Å². The smallest absolute Gasteiger partial charge is 0.253 e. The summed E-state index contributed by atoms with van der Waals surface area (Å²) in [4.78, 5) is 39.5. The van der Waals surface area contributed by atoms with Crippen LogP contribution in [0.25, 0.3) is 0 Å². The standard InChI is InChI=1S/C47H83NO6/c1-6-9-12-15-18-21-24-27-30-33-36-52-44-42(40(5)50)41(39(4)49)43(47(48)51)45(53-37-34-31-28-25-22-19-16-13-10-7-2)46(44)54-38-35-32-29-26-23-20-17-14-11-8-3/h6-38H2,1-5H3,(H2,48,51). The van der Waals surface area contributed by atoms with E-state index in [1.807, 2.05) is 0 Å². The van der Waals surface area contributed by atoms with E-state index >= 15 is 0 Å². The molecular weight excluding hydrogens is 675 g/mol. The molecule has 0 aromatic heterocycles. The highest BCUT2D eigenvalue weighted by atomic mass is 16.5. The molecule has 0 aliphatic carbocycles. The number of carbonyl (C=O) groups is 3. The second kappa shape index (κ2) is 33.7. The highest BCUT2D eigenvalue weighted by Crippen LogP contribution is 2.46. The average Bonchev–Trinajstić information content (AvgIpc) is 3.14. The first-order valence-corrected chi connectivity index (χ1v) is 22.8. The Morgan fingerprint density at radius 3 is 0.852 bits per heavy atom. The molecule has 0 radical (unpaired) electrons. The third-order valence-electron chi connectivity index (χ3n) is 10.5. The van der Waals surface area contributed by atoms with Gasteiger partial charge in [-0.15, -0.1) is 0 Å². The molecule has 0 saturated carbocycles. The highest BCUT2D eigenvalue weighted by molar-refractivity contribution is 6.17. The van der Waals surface area contributed by atoms with Gasteiger partial charge in [0.2, 0.25) is 5.75 Å². The fraction of sp³-hybridized carbons (Fsp3) is 0.809. The summed E-state index contributed by atoms with van der Waals surface area (Å²) >= 11 is 0.